The van der Waals surface area contributed by atoms with E-state index >= 15 is 0 Å². The Labute approximate surface area is 130 Å². The highest BCUT2D eigenvalue weighted by molar-refractivity contribution is 5.54. The maximum Gasteiger partial charge on any atom is 0.111 e. The second kappa shape index (κ2) is 5.73. The van der Waals surface area contributed by atoms with Gasteiger partial charge in [0.05, 0.1) is 17.9 Å². The predicted octanol–water partition coefficient (Wildman–Crippen LogP) is 2.96. The molecule has 0 spiro atoms. The first kappa shape index (κ1) is 13.2. The topological polar surface area (TPSA) is 34.0 Å². The van der Waals surface area contributed by atoms with Gasteiger partial charge in [0.25, 0.3) is 0 Å². The van der Waals surface area contributed by atoms with Gasteiger partial charge in [0, 0.05) is 25.8 Å². The van der Waals surface area contributed by atoms with Gasteiger partial charge in [-0.1, -0.05) is 36.4 Å². The molecule has 3 heterocycles. The van der Waals surface area contributed by atoms with Gasteiger partial charge in [-0.05, 0) is 23.8 Å². The van der Waals surface area contributed by atoms with E-state index in [1.54, 1.807) is 0 Å². The largest absolute Gasteiger partial charge is 0.291 e. The highest BCUT2D eigenvalue weighted by Gasteiger charge is 2.19. The van der Waals surface area contributed by atoms with Crippen LogP contribution in [0.3, 0.4) is 0 Å². The Hall–Kier alpha value is -2.46. The third-order valence-corrected chi connectivity index (χ3v) is 4.05. The third kappa shape index (κ3) is 2.65. The molecule has 0 N–H and O–H groups in total. The van der Waals surface area contributed by atoms with Gasteiger partial charge in [-0.25, -0.2) is 0 Å². The molecular weight excluding hydrogens is 272 g/mol. The first-order valence-electron chi connectivity index (χ1n) is 7.63. The van der Waals surface area contributed by atoms with Crippen molar-refractivity contribution < 1.29 is 0 Å². The van der Waals surface area contributed by atoms with E-state index in [4.69, 9.17) is 5.10 Å². The lowest BCUT2D eigenvalue weighted by molar-refractivity contribution is 0.205. The van der Waals surface area contributed by atoms with Crippen LogP contribution in [-0.4, -0.2) is 26.2 Å². The van der Waals surface area contributed by atoms with Gasteiger partial charge in [-0.15, -0.1) is 0 Å². The van der Waals surface area contributed by atoms with Crippen molar-refractivity contribution in [2.45, 2.75) is 19.6 Å². The zero-order valence-electron chi connectivity index (χ0n) is 12.4. The smallest absolute Gasteiger partial charge is 0.111 e. The molecule has 110 valence electrons. The molecule has 0 aliphatic carbocycles. The van der Waals surface area contributed by atoms with Crippen LogP contribution in [-0.2, 0) is 19.6 Å². The Kier molecular flexibility index (Phi) is 3.45. The van der Waals surface area contributed by atoms with Crippen molar-refractivity contribution in [3.63, 3.8) is 0 Å². The average Bonchev–Trinajstić information content (AvgIpc) is 3.00. The minimum absolute atomic E-state index is 0.939. The van der Waals surface area contributed by atoms with Crippen LogP contribution in [0.5, 0.6) is 0 Å². The fourth-order valence-electron chi connectivity index (χ4n) is 2.94. The van der Waals surface area contributed by atoms with Crippen LogP contribution in [0.25, 0.3) is 11.4 Å². The van der Waals surface area contributed by atoms with Crippen molar-refractivity contribution in [2.75, 3.05) is 6.54 Å². The normalized spacial score (nSPS) is 14.7. The summed E-state index contributed by atoms with van der Waals surface area (Å²) in [5.41, 5.74) is 4.54. The Balaban J connectivity index is 1.53. The van der Waals surface area contributed by atoms with Gasteiger partial charge in [-0.3, -0.25) is 14.6 Å². The van der Waals surface area contributed by atoms with Gasteiger partial charge in [0.1, 0.15) is 5.69 Å². The molecule has 0 saturated carbocycles. The second-order valence-electron chi connectivity index (χ2n) is 5.66. The minimum Gasteiger partial charge on any atom is -0.291 e. The molecule has 0 saturated heterocycles. The Morgan fingerprint density at radius 3 is 2.59 bits per heavy atom. The molecule has 2 aromatic heterocycles. The Morgan fingerprint density at radius 1 is 0.909 bits per heavy atom. The molecule has 22 heavy (non-hydrogen) atoms. The van der Waals surface area contributed by atoms with Crippen LogP contribution in [0.15, 0.2) is 60.8 Å². The van der Waals surface area contributed by atoms with Gasteiger partial charge in [-0.2, -0.15) is 5.10 Å². The zero-order valence-corrected chi connectivity index (χ0v) is 12.4. The predicted molar refractivity (Wildman–Crippen MR) is 86.0 cm³/mol. The second-order valence-corrected chi connectivity index (χ2v) is 5.66. The summed E-state index contributed by atoms with van der Waals surface area (Å²) in [5, 5.41) is 4.69. The van der Waals surface area contributed by atoms with Gasteiger partial charge < -0.3 is 0 Å². The van der Waals surface area contributed by atoms with Crippen molar-refractivity contribution in [3.05, 3.63) is 72.1 Å². The Bertz CT molecular complexity index is 749. The van der Waals surface area contributed by atoms with Gasteiger partial charge >= 0.3 is 0 Å². The molecule has 1 aliphatic rings. The molecule has 1 aliphatic heterocycles. The van der Waals surface area contributed by atoms with Crippen LogP contribution < -0.4 is 0 Å². The lowest BCUT2D eigenvalue weighted by atomic mass is 10.2. The highest BCUT2D eigenvalue weighted by Crippen LogP contribution is 2.21. The van der Waals surface area contributed by atoms with Crippen molar-refractivity contribution in [1.82, 2.24) is 19.7 Å². The molecule has 0 unspecified atom stereocenters. The summed E-state index contributed by atoms with van der Waals surface area (Å²) in [7, 11) is 0. The van der Waals surface area contributed by atoms with Gasteiger partial charge in [0.15, 0.2) is 0 Å². The maximum atomic E-state index is 4.69. The summed E-state index contributed by atoms with van der Waals surface area (Å²) in [6.45, 7) is 3.90. The highest BCUT2D eigenvalue weighted by atomic mass is 15.3. The summed E-state index contributed by atoms with van der Waals surface area (Å²) >= 11 is 0. The van der Waals surface area contributed by atoms with E-state index in [2.05, 4.69) is 51.0 Å². The van der Waals surface area contributed by atoms with E-state index in [-0.39, 0.29) is 0 Å². The molecule has 0 bridgehead atoms. The van der Waals surface area contributed by atoms with Crippen LogP contribution >= 0.6 is 0 Å². The van der Waals surface area contributed by atoms with Crippen LogP contribution in [0, 0.1) is 0 Å². The van der Waals surface area contributed by atoms with E-state index in [1.165, 1.54) is 11.3 Å². The van der Waals surface area contributed by atoms with E-state index in [9.17, 15) is 0 Å². The summed E-state index contributed by atoms with van der Waals surface area (Å²) in [6, 6.07) is 18.7. The lowest BCUT2D eigenvalue weighted by Gasteiger charge is -2.27. The molecule has 1 aromatic carbocycles. The quantitative estimate of drug-likeness (QED) is 0.743. The molecule has 0 fully saturated rings. The SMILES string of the molecule is c1ccc(CN2CCn3nc(-c4ccccn4)cc3C2)cc1. The number of hydrogen-bond donors (Lipinski definition) is 0. The molecule has 4 nitrogen and oxygen atoms in total. The minimum atomic E-state index is 0.939. The maximum absolute atomic E-state index is 4.69. The molecule has 0 radical (unpaired) electrons. The lowest BCUT2D eigenvalue weighted by Crippen LogP contribution is -2.33. The summed E-state index contributed by atoms with van der Waals surface area (Å²) in [6.07, 6.45) is 1.81. The fourth-order valence-corrected chi connectivity index (χ4v) is 2.94. The van der Waals surface area contributed by atoms with Crippen molar-refractivity contribution >= 4 is 0 Å². The first-order valence-corrected chi connectivity index (χ1v) is 7.63. The Morgan fingerprint density at radius 2 is 1.77 bits per heavy atom. The molecule has 3 aromatic rings. The first-order chi connectivity index (χ1) is 10.9. The summed E-state index contributed by atoms with van der Waals surface area (Å²) in [4.78, 5) is 6.86. The zero-order chi connectivity index (χ0) is 14.8. The molecular formula is C18H18N4. The van der Waals surface area contributed by atoms with Crippen molar-refractivity contribution in [2.24, 2.45) is 0 Å². The summed E-state index contributed by atoms with van der Waals surface area (Å²) in [5.74, 6) is 0. The van der Waals surface area contributed by atoms with Crippen LogP contribution in [0.2, 0.25) is 0 Å². The summed E-state index contributed by atoms with van der Waals surface area (Å²) < 4.78 is 2.12. The van der Waals surface area contributed by atoms with Crippen molar-refractivity contribution in [3.8, 4) is 11.4 Å². The number of aromatic nitrogens is 3. The van der Waals surface area contributed by atoms with E-state index < -0.39 is 0 Å². The van der Waals surface area contributed by atoms with E-state index in [1.807, 2.05) is 24.4 Å². The number of pyridine rings is 1. The molecule has 4 heteroatoms. The number of fused-ring (bicyclic) bond motifs is 1. The van der Waals surface area contributed by atoms with Gasteiger partial charge in [0.2, 0.25) is 0 Å². The third-order valence-electron chi connectivity index (χ3n) is 4.05. The standard InChI is InChI=1S/C18H18N4/c1-2-6-15(7-3-1)13-21-10-11-22-16(14-21)12-18(20-22)17-8-4-5-9-19-17/h1-9,12H,10-11,13-14H2. The molecule has 0 atom stereocenters. The van der Waals surface area contributed by atoms with Crippen LogP contribution in [0.1, 0.15) is 11.3 Å². The number of nitrogens with zero attached hydrogens (tertiary/aromatic N) is 4. The van der Waals surface area contributed by atoms with E-state index in [0.29, 0.717) is 0 Å². The molecule has 4 rings (SSSR count). The monoisotopic (exact) mass is 290 g/mol. The molecule has 0 amide bonds. The van der Waals surface area contributed by atoms with Crippen molar-refractivity contribution in [1.29, 1.82) is 0 Å². The number of hydrogen-bond acceptors (Lipinski definition) is 3. The van der Waals surface area contributed by atoms with Crippen LogP contribution in [0.4, 0.5) is 0 Å². The average molecular weight is 290 g/mol. The number of rotatable bonds is 3. The number of benzene rings is 1. The van der Waals surface area contributed by atoms with E-state index in [0.717, 1.165) is 37.6 Å². The fraction of sp³-hybridized carbons (Fsp3) is 0.222.